The highest BCUT2D eigenvalue weighted by atomic mass is 16.6. The monoisotopic (exact) mass is 318 g/mol. The summed E-state index contributed by atoms with van der Waals surface area (Å²) in [7, 11) is 0. The second kappa shape index (κ2) is 6.23. The molecule has 1 aromatic carbocycles. The number of carbonyl (C=O) groups is 1. The number of piperidine rings is 1. The number of fused-ring (bicyclic) bond motifs is 1. The van der Waals surface area contributed by atoms with Gasteiger partial charge in [-0.1, -0.05) is 0 Å². The minimum atomic E-state index is -0.403. The van der Waals surface area contributed by atoms with Gasteiger partial charge in [-0.05, 0) is 25.8 Å². The van der Waals surface area contributed by atoms with Gasteiger partial charge >= 0.3 is 6.09 Å². The van der Waals surface area contributed by atoms with Crippen molar-refractivity contribution in [1.29, 1.82) is 0 Å². The van der Waals surface area contributed by atoms with E-state index in [1.54, 1.807) is 30.2 Å². The van der Waals surface area contributed by atoms with Crippen molar-refractivity contribution in [2.45, 2.75) is 25.8 Å². The first-order valence-corrected chi connectivity index (χ1v) is 7.63. The Morgan fingerprint density at radius 1 is 1.43 bits per heavy atom. The summed E-state index contributed by atoms with van der Waals surface area (Å²) >= 11 is 0. The largest absolute Gasteiger partial charge is 0.450 e. The first kappa shape index (κ1) is 15.3. The number of nitro benzene ring substituents is 1. The van der Waals surface area contributed by atoms with Crippen molar-refractivity contribution in [3.63, 3.8) is 0 Å². The number of rotatable bonds is 3. The van der Waals surface area contributed by atoms with Crippen LogP contribution in [0.15, 0.2) is 24.4 Å². The first-order chi connectivity index (χ1) is 11.1. The zero-order valence-corrected chi connectivity index (χ0v) is 12.8. The van der Waals surface area contributed by atoms with E-state index in [2.05, 4.69) is 5.10 Å². The van der Waals surface area contributed by atoms with E-state index in [0.29, 0.717) is 19.7 Å². The summed E-state index contributed by atoms with van der Waals surface area (Å²) in [6.45, 7) is 3.35. The lowest BCUT2D eigenvalue weighted by Gasteiger charge is -2.31. The highest BCUT2D eigenvalue weighted by Gasteiger charge is 2.26. The summed E-state index contributed by atoms with van der Waals surface area (Å²) in [4.78, 5) is 24.0. The zero-order chi connectivity index (χ0) is 16.4. The van der Waals surface area contributed by atoms with Crippen LogP contribution in [0.3, 0.4) is 0 Å². The van der Waals surface area contributed by atoms with Crippen LogP contribution in [0, 0.1) is 10.1 Å². The van der Waals surface area contributed by atoms with E-state index in [-0.39, 0.29) is 17.8 Å². The number of aromatic nitrogens is 2. The lowest BCUT2D eigenvalue weighted by Crippen LogP contribution is -2.39. The summed E-state index contributed by atoms with van der Waals surface area (Å²) in [5.41, 5.74) is 0.817. The van der Waals surface area contributed by atoms with E-state index >= 15 is 0 Å². The van der Waals surface area contributed by atoms with Crippen molar-refractivity contribution in [2.24, 2.45) is 0 Å². The Labute approximate surface area is 132 Å². The van der Waals surface area contributed by atoms with Gasteiger partial charge < -0.3 is 9.64 Å². The highest BCUT2D eigenvalue weighted by Crippen LogP contribution is 2.28. The molecule has 1 fully saturated rings. The Balaban J connectivity index is 1.78. The Hall–Kier alpha value is -2.64. The van der Waals surface area contributed by atoms with Gasteiger partial charge in [-0.2, -0.15) is 5.10 Å². The molecule has 0 bridgehead atoms. The molecule has 1 saturated heterocycles. The Bertz CT molecular complexity index is 734. The molecule has 0 aliphatic carbocycles. The second-order valence-corrected chi connectivity index (χ2v) is 5.51. The molecule has 0 radical (unpaired) electrons. The number of carbonyl (C=O) groups excluding carboxylic acids is 1. The second-order valence-electron chi connectivity index (χ2n) is 5.51. The van der Waals surface area contributed by atoms with Gasteiger partial charge in [0, 0.05) is 30.6 Å². The minimum absolute atomic E-state index is 0.0585. The number of hydrogen-bond acceptors (Lipinski definition) is 5. The van der Waals surface area contributed by atoms with Gasteiger partial charge in [-0.15, -0.1) is 0 Å². The molecule has 122 valence electrons. The van der Waals surface area contributed by atoms with Crippen LogP contribution in [0.4, 0.5) is 10.5 Å². The van der Waals surface area contributed by atoms with Crippen LogP contribution in [0.25, 0.3) is 10.9 Å². The molecule has 1 aliphatic rings. The summed E-state index contributed by atoms with van der Waals surface area (Å²) in [6, 6.07) is 4.88. The summed E-state index contributed by atoms with van der Waals surface area (Å²) in [6.07, 6.45) is 2.93. The molecule has 2 aromatic rings. The van der Waals surface area contributed by atoms with Crippen LogP contribution in [0.1, 0.15) is 25.8 Å². The van der Waals surface area contributed by atoms with Crippen LogP contribution in [0.2, 0.25) is 0 Å². The number of amides is 1. The molecule has 8 nitrogen and oxygen atoms in total. The number of hydrogen-bond donors (Lipinski definition) is 0. The van der Waals surface area contributed by atoms with E-state index in [9.17, 15) is 14.9 Å². The van der Waals surface area contributed by atoms with Crippen LogP contribution in [0.5, 0.6) is 0 Å². The van der Waals surface area contributed by atoms with Crippen LogP contribution >= 0.6 is 0 Å². The molecule has 0 atom stereocenters. The van der Waals surface area contributed by atoms with Crippen LogP contribution < -0.4 is 0 Å². The molecule has 1 aliphatic heterocycles. The first-order valence-electron chi connectivity index (χ1n) is 7.63. The fourth-order valence-corrected chi connectivity index (χ4v) is 2.94. The summed E-state index contributed by atoms with van der Waals surface area (Å²) < 4.78 is 6.85. The average molecular weight is 318 g/mol. The normalized spacial score (nSPS) is 15.8. The smallest absolute Gasteiger partial charge is 0.409 e. The topological polar surface area (TPSA) is 90.5 Å². The molecule has 0 spiro atoms. The Kier molecular flexibility index (Phi) is 4.14. The number of nitro groups is 1. The third kappa shape index (κ3) is 2.96. The van der Waals surface area contributed by atoms with Crippen molar-refractivity contribution < 1.29 is 14.5 Å². The lowest BCUT2D eigenvalue weighted by atomic mass is 10.1. The van der Waals surface area contributed by atoms with Gasteiger partial charge in [0.2, 0.25) is 0 Å². The van der Waals surface area contributed by atoms with Crippen LogP contribution in [-0.4, -0.2) is 45.4 Å². The summed E-state index contributed by atoms with van der Waals surface area (Å²) in [5.74, 6) is 0. The molecule has 23 heavy (non-hydrogen) atoms. The molecule has 0 saturated carbocycles. The standard InChI is InChI=1S/C15H18N4O4/c1-2-23-15(20)17-7-5-12(6-8-17)18-14-9-13(19(21)22)4-3-11(14)10-16-18/h3-4,9-10,12H,2,5-8H2,1H3. The number of likely N-dealkylation sites (tertiary alicyclic amines) is 1. The molecule has 1 aromatic heterocycles. The van der Waals surface area contributed by atoms with Crippen molar-refractivity contribution in [2.75, 3.05) is 19.7 Å². The predicted molar refractivity (Wildman–Crippen MR) is 83.3 cm³/mol. The number of non-ortho nitro benzene ring substituents is 1. The third-order valence-electron chi connectivity index (χ3n) is 4.13. The van der Waals surface area contributed by atoms with E-state index in [0.717, 1.165) is 23.7 Å². The fourth-order valence-electron chi connectivity index (χ4n) is 2.94. The Morgan fingerprint density at radius 3 is 2.83 bits per heavy atom. The van der Waals surface area contributed by atoms with Gasteiger partial charge in [-0.3, -0.25) is 14.8 Å². The van der Waals surface area contributed by atoms with E-state index in [1.807, 2.05) is 4.68 Å². The maximum atomic E-state index is 11.7. The van der Waals surface area contributed by atoms with Gasteiger partial charge in [0.05, 0.1) is 29.3 Å². The van der Waals surface area contributed by atoms with Gasteiger partial charge in [0.25, 0.3) is 5.69 Å². The average Bonchev–Trinajstić information content (AvgIpc) is 2.98. The minimum Gasteiger partial charge on any atom is -0.450 e. The van der Waals surface area contributed by atoms with Gasteiger partial charge in [0.1, 0.15) is 0 Å². The van der Waals surface area contributed by atoms with Gasteiger partial charge in [0.15, 0.2) is 0 Å². The molecule has 1 amide bonds. The molecule has 0 unspecified atom stereocenters. The molecule has 3 rings (SSSR count). The van der Waals surface area contributed by atoms with Crippen molar-refractivity contribution in [1.82, 2.24) is 14.7 Å². The van der Waals surface area contributed by atoms with Gasteiger partial charge in [-0.25, -0.2) is 4.79 Å². The van der Waals surface area contributed by atoms with E-state index in [1.165, 1.54) is 6.07 Å². The number of ether oxygens (including phenoxy) is 1. The quantitative estimate of drug-likeness (QED) is 0.641. The molecule has 2 heterocycles. The Morgan fingerprint density at radius 2 is 2.17 bits per heavy atom. The van der Waals surface area contributed by atoms with Crippen molar-refractivity contribution in [3.05, 3.63) is 34.5 Å². The predicted octanol–water partition coefficient (Wildman–Crippen LogP) is 2.74. The third-order valence-corrected chi connectivity index (χ3v) is 4.13. The number of nitrogens with zero attached hydrogens (tertiary/aromatic N) is 4. The maximum absolute atomic E-state index is 11.7. The molecular formula is C15H18N4O4. The van der Waals surface area contributed by atoms with Crippen molar-refractivity contribution >= 4 is 22.7 Å². The molecule has 0 N–H and O–H groups in total. The highest BCUT2D eigenvalue weighted by molar-refractivity contribution is 5.81. The molecular weight excluding hydrogens is 300 g/mol. The number of benzene rings is 1. The zero-order valence-electron chi connectivity index (χ0n) is 12.8. The lowest BCUT2D eigenvalue weighted by molar-refractivity contribution is -0.384. The molecule has 8 heteroatoms. The van der Waals surface area contributed by atoms with Crippen molar-refractivity contribution in [3.8, 4) is 0 Å². The van der Waals surface area contributed by atoms with E-state index in [4.69, 9.17) is 4.74 Å². The SMILES string of the molecule is CCOC(=O)N1CCC(n2ncc3ccc([N+](=O)[O-])cc32)CC1. The summed E-state index contributed by atoms with van der Waals surface area (Å²) in [5, 5.41) is 16.2. The fraction of sp³-hybridized carbons (Fsp3) is 0.467. The maximum Gasteiger partial charge on any atom is 0.409 e. The van der Waals surface area contributed by atoms with Crippen LogP contribution in [-0.2, 0) is 4.74 Å². The van der Waals surface area contributed by atoms with E-state index < -0.39 is 4.92 Å².